The van der Waals surface area contributed by atoms with Crippen molar-refractivity contribution in [1.29, 1.82) is 0 Å². The van der Waals surface area contributed by atoms with Crippen LogP contribution in [0.5, 0.6) is 5.75 Å². The first-order chi connectivity index (χ1) is 13.1. The van der Waals surface area contributed by atoms with E-state index < -0.39 is 0 Å². The number of aryl methyl sites for hydroxylation is 2. The zero-order valence-electron chi connectivity index (χ0n) is 16.8. The largest absolute Gasteiger partial charge is 0.496 e. The van der Waals surface area contributed by atoms with Crippen LogP contribution in [0.2, 0.25) is 0 Å². The van der Waals surface area contributed by atoms with Crippen molar-refractivity contribution in [2.45, 2.75) is 39.4 Å². The number of nitrogens with zero attached hydrogens (tertiary/aromatic N) is 2. The predicted molar refractivity (Wildman–Crippen MR) is 110 cm³/mol. The molecule has 4 nitrogen and oxygen atoms in total. The maximum Gasteiger partial charge on any atom is 0.121 e. The van der Waals surface area contributed by atoms with Crippen LogP contribution < -0.4 is 4.74 Å². The minimum absolute atomic E-state index is 0.237. The molecule has 27 heavy (non-hydrogen) atoms. The fraction of sp³-hybridized carbons (Fsp3) is 0.478. The highest BCUT2D eigenvalue weighted by Gasteiger charge is 2.26. The number of methoxy groups -OCH3 is 1. The van der Waals surface area contributed by atoms with Crippen molar-refractivity contribution in [3.63, 3.8) is 0 Å². The van der Waals surface area contributed by atoms with Gasteiger partial charge in [0, 0.05) is 45.4 Å². The molecule has 1 fully saturated rings. The zero-order chi connectivity index (χ0) is 19.2. The van der Waals surface area contributed by atoms with E-state index in [1.807, 2.05) is 0 Å². The second kappa shape index (κ2) is 9.36. The third-order valence-corrected chi connectivity index (χ3v) is 5.48. The molecule has 0 aliphatic carbocycles. The Kier molecular flexibility index (Phi) is 6.89. The van der Waals surface area contributed by atoms with E-state index in [1.54, 1.807) is 7.11 Å². The van der Waals surface area contributed by atoms with Gasteiger partial charge in [-0.25, -0.2) is 0 Å². The molecule has 0 unspecified atom stereocenters. The van der Waals surface area contributed by atoms with Crippen LogP contribution in [0.1, 0.15) is 28.7 Å². The number of aliphatic hydroxyl groups excluding tert-OH is 1. The molecule has 0 saturated carbocycles. The standard InChI is InChI=1S/C23H32N2O2/c1-18-5-4-6-20(13-18)15-24-10-11-25(22(17-24)9-12-26)16-21-7-8-23(27-3)19(2)14-21/h4-8,13-14,22,26H,9-12,15-17H2,1-3H3/t22-/m1/s1. The molecule has 0 aromatic heterocycles. The van der Waals surface area contributed by atoms with E-state index in [0.717, 1.165) is 44.9 Å². The lowest BCUT2D eigenvalue weighted by Crippen LogP contribution is -2.52. The highest BCUT2D eigenvalue weighted by molar-refractivity contribution is 5.36. The van der Waals surface area contributed by atoms with Gasteiger partial charge in [-0.1, -0.05) is 42.0 Å². The number of rotatable bonds is 7. The van der Waals surface area contributed by atoms with Crippen LogP contribution in [-0.2, 0) is 13.1 Å². The number of hydrogen-bond acceptors (Lipinski definition) is 4. The van der Waals surface area contributed by atoms with Gasteiger partial charge < -0.3 is 9.84 Å². The molecule has 2 aromatic rings. The smallest absolute Gasteiger partial charge is 0.121 e. The van der Waals surface area contributed by atoms with E-state index in [2.05, 4.69) is 66.1 Å². The van der Waals surface area contributed by atoms with Crippen molar-refractivity contribution >= 4 is 0 Å². The predicted octanol–water partition coefficient (Wildman–Crippen LogP) is 3.38. The number of aliphatic hydroxyl groups is 1. The zero-order valence-corrected chi connectivity index (χ0v) is 16.8. The van der Waals surface area contributed by atoms with E-state index in [9.17, 15) is 5.11 Å². The van der Waals surface area contributed by atoms with Crippen molar-refractivity contribution in [1.82, 2.24) is 9.80 Å². The highest BCUT2D eigenvalue weighted by Crippen LogP contribution is 2.22. The number of hydrogen-bond donors (Lipinski definition) is 1. The second-order valence-electron chi connectivity index (χ2n) is 7.66. The van der Waals surface area contributed by atoms with Crippen LogP contribution >= 0.6 is 0 Å². The van der Waals surface area contributed by atoms with Crippen LogP contribution in [0.3, 0.4) is 0 Å². The van der Waals surface area contributed by atoms with E-state index in [4.69, 9.17) is 4.74 Å². The summed E-state index contributed by atoms with van der Waals surface area (Å²) in [7, 11) is 1.72. The summed E-state index contributed by atoms with van der Waals surface area (Å²) in [5, 5.41) is 9.57. The molecule has 146 valence electrons. The Balaban J connectivity index is 1.64. The third kappa shape index (κ3) is 5.32. The third-order valence-electron chi connectivity index (χ3n) is 5.48. The maximum atomic E-state index is 9.57. The molecule has 0 spiro atoms. The Morgan fingerprint density at radius 2 is 1.85 bits per heavy atom. The SMILES string of the molecule is COc1ccc(CN2CCN(Cc3cccc(C)c3)C[C@H]2CCO)cc1C. The van der Waals surface area contributed by atoms with Crippen LogP contribution in [0.4, 0.5) is 0 Å². The molecular weight excluding hydrogens is 336 g/mol. The Morgan fingerprint density at radius 3 is 2.56 bits per heavy atom. The summed E-state index contributed by atoms with van der Waals surface area (Å²) in [6.45, 7) is 9.48. The summed E-state index contributed by atoms with van der Waals surface area (Å²) in [4.78, 5) is 5.04. The number of benzene rings is 2. The first kappa shape index (κ1) is 19.9. The lowest BCUT2D eigenvalue weighted by atomic mass is 10.0. The molecule has 1 N–H and O–H groups in total. The first-order valence-electron chi connectivity index (χ1n) is 9.85. The monoisotopic (exact) mass is 368 g/mol. The molecule has 0 radical (unpaired) electrons. The van der Waals surface area contributed by atoms with E-state index in [0.29, 0.717) is 6.04 Å². The first-order valence-corrected chi connectivity index (χ1v) is 9.85. The number of piperazine rings is 1. The van der Waals surface area contributed by atoms with Gasteiger partial charge in [0.25, 0.3) is 0 Å². The van der Waals surface area contributed by atoms with Gasteiger partial charge in [-0.3, -0.25) is 9.80 Å². The van der Waals surface area contributed by atoms with Crippen LogP contribution in [0.15, 0.2) is 42.5 Å². The van der Waals surface area contributed by atoms with Crippen molar-refractivity contribution < 1.29 is 9.84 Å². The second-order valence-corrected chi connectivity index (χ2v) is 7.66. The van der Waals surface area contributed by atoms with Gasteiger partial charge in [0.15, 0.2) is 0 Å². The normalized spacial score (nSPS) is 18.6. The molecule has 3 rings (SSSR count). The molecular formula is C23H32N2O2. The lowest BCUT2D eigenvalue weighted by Gasteiger charge is -2.41. The lowest BCUT2D eigenvalue weighted by molar-refractivity contribution is 0.0499. The van der Waals surface area contributed by atoms with Gasteiger partial charge in [0.1, 0.15) is 5.75 Å². The quantitative estimate of drug-likeness (QED) is 0.813. The number of ether oxygens (including phenoxy) is 1. The molecule has 0 bridgehead atoms. The average molecular weight is 369 g/mol. The van der Waals surface area contributed by atoms with E-state index in [1.165, 1.54) is 22.3 Å². The van der Waals surface area contributed by atoms with Gasteiger partial charge >= 0.3 is 0 Å². The summed E-state index contributed by atoms with van der Waals surface area (Å²) in [5.41, 5.74) is 5.17. The van der Waals surface area contributed by atoms with Crippen molar-refractivity contribution in [2.24, 2.45) is 0 Å². The maximum absolute atomic E-state index is 9.57. The van der Waals surface area contributed by atoms with Crippen LogP contribution in [0, 0.1) is 13.8 Å². The molecule has 1 heterocycles. The fourth-order valence-corrected chi connectivity index (χ4v) is 4.07. The Labute approximate surface area is 163 Å². The highest BCUT2D eigenvalue weighted by atomic mass is 16.5. The van der Waals surface area contributed by atoms with E-state index in [-0.39, 0.29) is 6.61 Å². The molecule has 1 saturated heterocycles. The Bertz CT molecular complexity index is 747. The molecule has 1 aliphatic heterocycles. The molecule has 4 heteroatoms. The topological polar surface area (TPSA) is 35.9 Å². The summed E-state index contributed by atoms with van der Waals surface area (Å²) in [6.07, 6.45) is 0.819. The molecule has 0 amide bonds. The summed E-state index contributed by atoms with van der Waals surface area (Å²) >= 11 is 0. The fourth-order valence-electron chi connectivity index (χ4n) is 4.07. The van der Waals surface area contributed by atoms with Crippen LogP contribution in [0.25, 0.3) is 0 Å². The van der Waals surface area contributed by atoms with Gasteiger partial charge in [0.2, 0.25) is 0 Å². The van der Waals surface area contributed by atoms with Gasteiger partial charge in [-0.15, -0.1) is 0 Å². The van der Waals surface area contributed by atoms with Crippen molar-refractivity contribution in [3.8, 4) is 5.75 Å². The van der Waals surface area contributed by atoms with E-state index >= 15 is 0 Å². The van der Waals surface area contributed by atoms with Gasteiger partial charge in [0.05, 0.1) is 7.11 Å². The molecule has 1 atom stereocenters. The Hall–Kier alpha value is -1.88. The van der Waals surface area contributed by atoms with Gasteiger partial charge in [-0.05, 0) is 43.0 Å². The average Bonchev–Trinajstić information content (AvgIpc) is 2.64. The summed E-state index contributed by atoms with van der Waals surface area (Å²) in [6, 6.07) is 15.6. The minimum Gasteiger partial charge on any atom is -0.496 e. The van der Waals surface area contributed by atoms with Crippen LogP contribution in [-0.4, -0.2) is 54.3 Å². The Morgan fingerprint density at radius 1 is 1.04 bits per heavy atom. The summed E-state index contributed by atoms with van der Waals surface area (Å²) in [5.74, 6) is 0.939. The molecule has 2 aromatic carbocycles. The minimum atomic E-state index is 0.237. The summed E-state index contributed by atoms with van der Waals surface area (Å²) < 4.78 is 5.38. The van der Waals surface area contributed by atoms with Crippen molar-refractivity contribution in [3.05, 3.63) is 64.7 Å². The van der Waals surface area contributed by atoms with Gasteiger partial charge in [-0.2, -0.15) is 0 Å². The molecule has 1 aliphatic rings. The van der Waals surface area contributed by atoms with Crippen molar-refractivity contribution in [2.75, 3.05) is 33.4 Å².